The van der Waals surface area contributed by atoms with Gasteiger partial charge >= 0.3 is 11.9 Å². The topological polar surface area (TPSA) is 133 Å². The van der Waals surface area contributed by atoms with E-state index in [2.05, 4.69) is 67.6 Å². The van der Waals surface area contributed by atoms with Crippen LogP contribution < -0.4 is 5.32 Å². The number of nitrogens with one attached hydrogen (secondary N) is 1. The van der Waals surface area contributed by atoms with Gasteiger partial charge in [-0.1, -0.05) is 67.9 Å². The molecule has 0 radical (unpaired) electrons. The number of carbonyl (C=O) groups is 3. The highest BCUT2D eigenvalue weighted by atomic mass is 16.5. The average Bonchev–Trinajstić information content (AvgIpc) is 3.33. The predicted octanol–water partition coefficient (Wildman–Crippen LogP) is 7.74. The normalized spacial score (nSPS) is 38.8. The molecule has 0 aromatic rings. The molecule has 4 fully saturated rings. The fourth-order valence-corrected chi connectivity index (χ4v) is 13.2. The van der Waals surface area contributed by atoms with Gasteiger partial charge in [-0.25, -0.2) is 0 Å². The number of carboxylic acids is 1. The van der Waals surface area contributed by atoms with Crippen molar-refractivity contribution in [3.63, 3.8) is 0 Å². The third-order valence-corrected chi connectivity index (χ3v) is 16.1. The van der Waals surface area contributed by atoms with Crippen molar-refractivity contribution in [2.45, 2.75) is 165 Å². The molecule has 0 aliphatic heterocycles. The van der Waals surface area contributed by atoms with Crippen LogP contribution in [0.4, 0.5) is 0 Å². The van der Waals surface area contributed by atoms with Crippen molar-refractivity contribution in [3.05, 3.63) is 11.1 Å². The van der Waals surface area contributed by atoms with Crippen LogP contribution in [0.25, 0.3) is 0 Å². The first-order valence-electron chi connectivity index (χ1n) is 20.2. The molecule has 0 spiro atoms. The van der Waals surface area contributed by atoms with E-state index in [0.29, 0.717) is 30.7 Å². The van der Waals surface area contributed by atoms with Crippen molar-refractivity contribution in [1.29, 1.82) is 0 Å². The number of carbonyl (C=O) groups excluding carboxylic acids is 2. The summed E-state index contributed by atoms with van der Waals surface area (Å²) in [6.45, 7) is 24.2. The number of allylic oxidation sites excluding steroid dienone is 1. The minimum atomic E-state index is -1.17. The maximum atomic E-state index is 14.0. The van der Waals surface area contributed by atoms with E-state index in [4.69, 9.17) is 4.74 Å². The predicted molar refractivity (Wildman–Crippen MR) is 200 cm³/mol. The molecular formula is C43H71NO7. The second-order valence-corrected chi connectivity index (χ2v) is 20.5. The van der Waals surface area contributed by atoms with Gasteiger partial charge in [-0.05, 0) is 123 Å². The fraction of sp³-hybridized carbons (Fsp3) is 0.884. The smallest absolute Gasteiger partial charge is 0.309 e. The monoisotopic (exact) mass is 714 g/mol. The Labute approximate surface area is 308 Å². The van der Waals surface area contributed by atoms with E-state index in [1.165, 1.54) is 5.57 Å². The summed E-state index contributed by atoms with van der Waals surface area (Å²) in [5, 5.41) is 35.3. The molecule has 0 bridgehead atoms. The van der Waals surface area contributed by atoms with Gasteiger partial charge in [0.25, 0.3) is 0 Å². The molecule has 51 heavy (non-hydrogen) atoms. The van der Waals surface area contributed by atoms with Crippen LogP contribution in [0, 0.1) is 62.1 Å². The summed E-state index contributed by atoms with van der Waals surface area (Å²) in [4.78, 5) is 38.8. The number of aliphatic carboxylic acids is 1. The molecule has 4 saturated carbocycles. The summed E-state index contributed by atoms with van der Waals surface area (Å²) < 4.78 is 6.16. The Hall–Kier alpha value is -1.77. The molecule has 10 atom stereocenters. The first-order valence-corrected chi connectivity index (χ1v) is 20.2. The maximum absolute atomic E-state index is 14.0. The van der Waals surface area contributed by atoms with Crippen LogP contribution in [0.5, 0.6) is 0 Å². The SMILES string of the molecule is CC(C)C[C@@H](CO)NCC(O)C12CC[C@]3(C)[C@H](CC[C@@H]4[C@@]5(C)CC[C@H](OC(=O)CC(C)(C)C(=O)O)C(C)(C)[C@@H]5CC[C@]43C)C1=C(C(C)C)C(=O)C2. The van der Waals surface area contributed by atoms with Gasteiger partial charge in [0.05, 0.1) is 24.5 Å². The zero-order valence-electron chi connectivity index (χ0n) is 33.8. The first kappa shape index (κ1) is 40.4. The summed E-state index contributed by atoms with van der Waals surface area (Å²) in [5.41, 5.74) is 0.339. The third kappa shape index (κ3) is 6.47. The molecule has 8 heteroatoms. The minimum absolute atomic E-state index is 0.0260. The second-order valence-electron chi connectivity index (χ2n) is 20.5. The number of ether oxygens (including phenoxy) is 1. The number of Topliss-reactive ketones (excluding diaryl/α,β-unsaturated/α-hetero) is 1. The molecule has 0 amide bonds. The lowest BCUT2D eigenvalue weighted by Gasteiger charge is -2.72. The molecule has 0 saturated heterocycles. The van der Waals surface area contributed by atoms with Crippen molar-refractivity contribution < 1.29 is 34.4 Å². The highest BCUT2D eigenvalue weighted by molar-refractivity contribution is 6.00. The van der Waals surface area contributed by atoms with Crippen LogP contribution in [0.3, 0.4) is 0 Å². The standard InChI is InChI=1S/C43H71NO7/c1-25(2)20-27(24-45)44-23-32(47)43-19-18-41(10)28(36(43)35(26(3)4)29(46)21-43)12-13-31-40(9)16-15-33(51-34(48)22-38(5,6)37(49)50)39(7,8)30(40)14-17-42(31,41)11/h25-28,30-33,44-45,47H,12-24H2,1-11H3,(H,49,50)/t27-,28+,30-,31+,32?,33-,40-,41+,42+,43?/m0/s1. The average molecular weight is 714 g/mol. The molecule has 8 nitrogen and oxygen atoms in total. The van der Waals surface area contributed by atoms with Crippen LogP contribution in [0.2, 0.25) is 0 Å². The van der Waals surface area contributed by atoms with Crippen LogP contribution >= 0.6 is 0 Å². The molecule has 5 rings (SSSR count). The summed E-state index contributed by atoms with van der Waals surface area (Å²) in [6, 6.07) is -0.0799. The van der Waals surface area contributed by atoms with Gasteiger partial charge in [0.2, 0.25) is 0 Å². The van der Waals surface area contributed by atoms with Gasteiger partial charge in [-0.2, -0.15) is 0 Å². The highest BCUT2D eigenvalue weighted by Gasteiger charge is 2.70. The van der Waals surface area contributed by atoms with E-state index in [1.807, 2.05) is 0 Å². The molecule has 0 heterocycles. The molecule has 2 unspecified atom stereocenters. The van der Waals surface area contributed by atoms with E-state index in [1.54, 1.807) is 13.8 Å². The maximum Gasteiger partial charge on any atom is 0.309 e. The number of aliphatic hydroxyl groups is 2. The van der Waals surface area contributed by atoms with Crippen LogP contribution in [0.15, 0.2) is 11.1 Å². The lowest BCUT2D eigenvalue weighted by atomic mass is 9.33. The summed E-state index contributed by atoms with van der Waals surface area (Å²) in [6.07, 6.45) is 7.85. The molecule has 5 aliphatic carbocycles. The van der Waals surface area contributed by atoms with Crippen LogP contribution in [-0.2, 0) is 19.1 Å². The zero-order chi connectivity index (χ0) is 38.1. The highest BCUT2D eigenvalue weighted by Crippen LogP contribution is 2.77. The van der Waals surface area contributed by atoms with E-state index >= 15 is 0 Å². The Bertz CT molecular complexity index is 1400. The van der Waals surface area contributed by atoms with Gasteiger partial charge in [-0.3, -0.25) is 14.4 Å². The van der Waals surface area contributed by atoms with Gasteiger partial charge < -0.3 is 25.4 Å². The number of fused-ring (bicyclic) bond motifs is 7. The third-order valence-electron chi connectivity index (χ3n) is 16.1. The van der Waals surface area contributed by atoms with Crippen molar-refractivity contribution in [3.8, 4) is 0 Å². The number of ketones is 1. The first-order chi connectivity index (χ1) is 23.5. The molecular weight excluding hydrogens is 642 g/mol. The lowest BCUT2D eigenvalue weighted by molar-refractivity contribution is -0.235. The van der Waals surface area contributed by atoms with Gasteiger partial charge in [0.1, 0.15) is 6.10 Å². The number of aliphatic hydroxyl groups excluding tert-OH is 2. The van der Waals surface area contributed by atoms with E-state index in [9.17, 15) is 29.7 Å². The summed E-state index contributed by atoms with van der Waals surface area (Å²) in [5.74, 6) is 0.402. The van der Waals surface area contributed by atoms with Gasteiger partial charge in [0, 0.05) is 29.8 Å². The van der Waals surface area contributed by atoms with Gasteiger partial charge in [0.15, 0.2) is 5.78 Å². The van der Waals surface area contributed by atoms with Crippen LogP contribution in [-0.4, -0.2) is 64.4 Å². The summed E-state index contributed by atoms with van der Waals surface area (Å²) in [7, 11) is 0. The van der Waals surface area contributed by atoms with E-state index < -0.39 is 28.9 Å². The Kier molecular flexibility index (Phi) is 11.0. The van der Waals surface area contributed by atoms with Crippen LogP contribution in [0.1, 0.15) is 147 Å². The largest absolute Gasteiger partial charge is 0.481 e. The zero-order valence-corrected chi connectivity index (χ0v) is 33.8. The van der Waals surface area contributed by atoms with E-state index in [-0.39, 0.29) is 64.5 Å². The summed E-state index contributed by atoms with van der Waals surface area (Å²) >= 11 is 0. The second kappa shape index (κ2) is 13.8. The lowest BCUT2D eigenvalue weighted by Crippen LogP contribution is -2.66. The molecule has 290 valence electrons. The molecule has 4 N–H and O–H groups in total. The Balaban J connectivity index is 1.43. The molecule has 0 aromatic heterocycles. The molecule has 0 aromatic carbocycles. The molecule has 5 aliphatic rings. The van der Waals surface area contributed by atoms with Gasteiger partial charge in [-0.15, -0.1) is 0 Å². The van der Waals surface area contributed by atoms with E-state index in [0.717, 1.165) is 63.4 Å². The number of hydrogen-bond acceptors (Lipinski definition) is 7. The Morgan fingerprint density at radius 3 is 2.18 bits per heavy atom. The number of hydrogen-bond donors (Lipinski definition) is 4. The van der Waals surface area contributed by atoms with Crippen molar-refractivity contribution in [2.75, 3.05) is 13.2 Å². The fourth-order valence-electron chi connectivity index (χ4n) is 13.2. The van der Waals surface area contributed by atoms with Crippen molar-refractivity contribution in [1.82, 2.24) is 5.32 Å². The Morgan fingerprint density at radius 2 is 1.59 bits per heavy atom. The minimum Gasteiger partial charge on any atom is -0.481 e. The quantitative estimate of drug-likeness (QED) is 0.151. The van der Waals surface area contributed by atoms with Crippen molar-refractivity contribution in [2.24, 2.45) is 62.1 Å². The van der Waals surface area contributed by atoms with Crippen molar-refractivity contribution >= 4 is 17.7 Å². The number of rotatable bonds is 12. The number of carboxylic acid groups (broad SMARTS) is 1. The number of esters is 1. The Morgan fingerprint density at radius 1 is 0.922 bits per heavy atom.